The van der Waals surface area contributed by atoms with Gasteiger partial charge in [-0.2, -0.15) is 5.10 Å². The number of carbonyl (C=O) groups excluding carboxylic acids is 1. The number of aryl methyl sites for hydroxylation is 2. The van der Waals surface area contributed by atoms with Crippen LogP contribution in [0.1, 0.15) is 72.9 Å². The molecule has 5 rings (SSSR count). The number of hydrogen-bond donors (Lipinski definition) is 0. The van der Waals surface area contributed by atoms with Gasteiger partial charge in [0, 0.05) is 49.1 Å². The van der Waals surface area contributed by atoms with Crippen LogP contribution in [-0.2, 0) is 24.8 Å². The molecule has 7 nitrogen and oxygen atoms in total. The first-order valence-electron chi connectivity index (χ1n) is 11.4. The van der Waals surface area contributed by atoms with Gasteiger partial charge in [-0.25, -0.2) is 9.97 Å². The zero-order valence-corrected chi connectivity index (χ0v) is 18.4. The quantitative estimate of drug-likeness (QED) is 0.760. The van der Waals surface area contributed by atoms with E-state index in [9.17, 15) is 4.79 Å². The number of fused-ring (bicyclic) bond motifs is 1. The number of nitrogens with zero attached hydrogens (tertiary/aromatic N) is 6. The maximum Gasteiger partial charge on any atom is 0.228 e. The third-order valence-corrected chi connectivity index (χ3v) is 7.11. The van der Waals surface area contributed by atoms with Gasteiger partial charge in [0.2, 0.25) is 5.91 Å². The van der Waals surface area contributed by atoms with Crippen LogP contribution in [0.4, 0.5) is 5.82 Å². The summed E-state index contributed by atoms with van der Waals surface area (Å²) in [7, 11) is 1.99. The van der Waals surface area contributed by atoms with Gasteiger partial charge in [0.05, 0.1) is 12.2 Å². The first-order chi connectivity index (χ1) is 14.5. The predicted molar refractivity (Wildman–Crippen MR) is 115 cm³/mol. The maximum atomic E-state index is 12.7. The van der Waals surface area contributed by atoms with Gasteiger partial charge in [-0.05, 0) is 58.4 Å². The van der Waals surface area contributed by atoms with Crippen molar-refractivity contribution < 1.29 is 4.79 Å². The Morgan fingerprint density at radius 3 is 2.67 bits per heavy atom. The zero-order valence-electron chi connectivity index (χ0n) is 18.4. The average molecular weight is 409 g/mol. The topological polar surface area (TPSA) is 67.2 Å². The average Bonchev–Trinajstić information content (AvgIpc) is 3.51. The molecule has 4 heterocycles. The third kappa shape index (κ3) is 3.64. The van der Waals surface area contributed by atoms with E-state index in [0.717, 1.165) is 49.8 Å². The van der Waals surface area contributed by atoms with Crippen molar-refractivity contribution in [2.45, 2.75) is 71.4 Å². The van der Waals surface area contributed by atoms with E-state index in [1.54, 1.807) is 0 Å². The highest BCUT2D eigenvalue weighted by Crippen LogP contribution is 2.37. The number of amides is 1. The summed E-state index contributed by atoms with van der Waals surface area (Å²) in [4.78, 5) is 27.2. The van der Waals surface area contributed by atoms with Crippen molar-refractivity contribution in [3.05, 3.63) is 34.5 Å². The zero-order chi connectivity index (χ0) is 20.8. The molecule has 7 heteroatoms. The molecule has 1 atom stereocenters. The van der Waals surface area contributed by atoms with Crippen molar-refractivity contribution in [2.75, 3.05) is 18.0 Å². The molecule has 30 heavy (non-hydrogen) atoms. The molecule has 1 aliphatic carbocycles. The minimum atomic E-state index is 0.196. The van der Waals surface area contributed by atoms with E-state index < -0.39 is 0 Å². The fraction of sp³-hybridized carbons (Fsp3) is 0.652. The third-order valence-electron chi connectivity index (χ3n) is 7.11. The van der Waals surface area contributed by atoms with Crippen LogP contribution in [0.2, 0.25) is 0 Å². The summed E-state index contributed by atoms with van der Waals surface area (Å²) in [6.07, 6.45) is 9.26. The van der Waals surface area contributed by atoms with E-state index in [1.807, 2.05) is 22.8 Å². The molecule has 0 aromatic carbocycles. The molecule has 1 saturated heterocycles. The lowest BCUT2D eigenvalue weighted by atomic mass is 9.98. The highest BCUT2D eigenvalue weighted by atomic mass is 16.2. The molecule has 2 aromatic rings. The lowest BCUT2D eigenvalue weighted by molar-refractivity contribution is -0.119. The highest BCUT2D eigenvalue weighted by molar-refractivity contribution is 5.95. The summed E-state index contributed by atoms with van der Waals surface area (Å²) >= 11 is 0. The van der Waals surface area contributed by atoms with Crippen LogP contribution >= 0.6 is 0 Å². The number of piperidine rings is 1. The second-order valence-corrected chi connectivity index (χ2v) is 9.28. The number of aromatic nitrogens is 4. The molecular weight excluding hydrogens is 376 g/mol. The molecule has 0 spiro atoms. The van der Waals surface area contributed by atoms with Crippen molar-refractivity contribution in [3.8, 4) is 0 Å². The standard InChI is InChI=1S/C23H32N6O/c1-15-19-9-10-21(30)29(13-17-7-8-17)23(19)26-22(25-15)20-6-4-5-11-28(20)14-18-12-24-27(3)16(18)2/h12,17,20H,4-11,13-14H2,1-3H3/t20-/m0/s1. The predicted octanol–water partition coefficient (Wildman–Crippen LogP) is 3.24. The number of anilines is 1. The summed E-state index contributed by atoms with van der Waals surface area (Å²) < 4.78 is 1.94. The Balaban J connectivity index is 1.47. The van der Waals surface area contributed by atoms with Gasteiger partial charge in [0.25, 0.3) is 0 Å². The second kappa shape index (κ2) is 7.76. The Labute approximate surface area is 178 Å². The fourth-order valence-corrected chi connectivity index (χ4v) is 4.89. The van der Waals surface area contributed by atoms with Crippen molar-refractivity contribution >= 4 is 11.7 Å². The van der Waals surface area contributed by atoms with Gasteiger partial charge in [-0.1, -0.05) is 6.42 Å². The monoisotopic (exact) mass is 408 g/mol. The minimum Gasteiger partial charge on any atom is -0.296 e. The summed E-state index contributed by atoms with van der Waals surface area (Å²) in [5, 5.41) is 4.42. The summed E-state index contributed by atoms with van der Waals surface area (Å²) in [5.41, 5.74) is 4.70. The Morgan fingerprint density at radius 2 is 1.93 bits per heavy atom. The number of likely N-dealkylation sites (tertiary alicyclic amines) is 1. The lowest BCUT2D eigenvalue weighted by Crippen LogP contribution is -2.39. The van der Waals surface area contributed by atoms with Gasteiger partial charge < -0.3 is 0 Å². The molecule has 2 fully saturated rings. The van der Waals surface area contributed by atoms with Crippen LogP contribution in [0.5, 0.6) is 0 Å². The Kier molecular flexibility index (Phi) is 5.09. The largest absolute Gasteiger partial charge is 0.296 e. The molecule has 1 saturated carbocycles. The van der Waals surface area contributed by atoms with Crippen LogP contribution in [0, 0.1) is 19.8 Å². The van der Waals surface area contributed by atoms with Gasteiger partial charge in [0.15, 0.2) is 0 Å². The second-order valence-electron chi connectivity index (χ2n) is 9.28. The molecule has 0 radical (unpaired) electrons. The van der Waals surface area contributed by atoms with Gasteiger partial charge >= 0.3 is 0 Å². The minimum absolute atomic E-state index is 0.196. The van der Waals surface area contributed by atoms with E-state index >= 15 is 0 Å². The van der Waals surface area contributed by atoms with Crippen molar-refractivity contribution in [1.82, 2.24) is 24.6 Å². The fourth-order valence-electron chi connectivity index (χ4n) is 4.89. The lowest BCUT2D eigenvalue weighted by Gasteiger charge is -2.36. The van der Waals surface area contributed by atoms with Crippen molar-refractivity contribution in [2.24, 2.45) is 13.0 Å². The summed E-state index contributed by atoms with van der Waals surface area (Å²) in [5.74, 6) is 2.66. The molecule has 3 aliphatic rings. The molecule has 160 valence electrons. The first-order valence-corrected chi connectivity index (χ1v) is 11.4. The van der Waals surface area contributed by atoms with Crippen LogP contribution < -0.4 is 4.90 Å². The molecule has 2 aliphatic heterocycles. The first kappa shape index (κ1) is 19.7. The SMILES string of the molecule is Cc1nc([C@@H]2CCCCN2Cc2cnn(C)c2C)nc2c1CCC(=O)N2CC1CC1. The normalized spacial score (nSPS) is 22.4. The smallest absolute Gasteiger partial charge is 0.228 e. The van der Waals surface area contributed by atoms with E-state index in [0.29, 0.717) is 12.3 Å². The Hall–Kier alpha value is -2.28. The van der Waals surface area contributed by atoms with E-state index in [1.165, 1.54) is 42.5 Å². The molecule has 0 bridgehead atoms. The van der Waals surface area contributed by atoms with E-state index in [4.69, 9.17) is 9.97 Å². The molecule has 0 N–H and O–H groups in total. The van der Waals surface area contributed by atoms with Gasteiger partial charge in [-0.15, -0.1) is 0 Å². The molecule has 0 unspecified atom stereocenters. The van der Waals surface area contributed by atoms with E-state index in [2.05, 4.69) is 23.8 Å². The van der Waals surface area contributed by atoms with Crippen LogP contribution in [0.15, 0.2) is 6.20 Å². The Bertz CT molecular complexity index is 963. The van der Waals surface area contributed by atoms with Gasteiger partial charge in [0.1, 0.15) is 11.6 Å². The number of rotatable bonds is 5. The van der Waals surface area contributed by atoms with Crippen LogP contribution in [0.3, 0.4) is 0 Å². The van der Waals surface area contributed by atoms with Crippen molar-refractivity contribution in [1.29, 1.82) is 0 Å². The molecule has 1 amide bonds. The van der Waals surface area contributed by atoms with Crippen LogP contribution in [-0.4, -0.2) is 43.6 Å². The number of hydrogen-bond acceptors (Lipinski definition) is 5. The Morgan fingerprint density at radius 1 is 1.10 bits per heavy atom. The summed E-state index contributed by atoms with van der Waals surface area (Å²) in [6.45, 7) is 6.96. The summed E-state index contributed by atoms with van der Waals surface area (Å²) in [6, 6.07) is 0.196. The van der Waals surface area contributed by atoms with Crippen LogP contribution in [0.25, 0.3) is 0 Å². The van der Waals surface area contributed by atoms with Gasteiger partial charge in [-0.3, -0.25) is 19.3 Å². The number of carbonyl (C=O) groups is 1. The molecule has 2 aromatic heterocycles. The van der Waals surface area contributed by atoms with Crippen molar-refractivity contribution in [3.63, 3.8) is 0 Å². The molecular formula is C23H32N6O. The maximum absolute atomic E-state index is 12.7. The van der Waals surface area contributed by atoms with E-state index in [-0.39, 0.29) is 11.9 Å². The highest BCUT2D eigenvalue weighted by Gasteiger charge is 2.35.